The summed E-state index contributed by atoms with van der Waals surface area (Å²) in [7, 11) is -3.91. The predicted octanol–water partition coefficient (Wildman–Crippen LogP) is 2.51. The Morgan fingerprint density at radius 3 is 2.55 bits per heavy atom. The zero-order chi connectivity index (χ0) is 22.3. The Hall–Kier alpha value is -2.62. The van der Waals surface area contributed by atoms with Crippen LogP contribution in [0.5, 0.6) is 5.75 Å². The van der Waals surface area contributed by atoms with Gasteiger partial charge in [-0.1, -0.05) is 29.3 Å². The Morgan fingerprint density at radius 2 is 1.87 bits per heavy atom. The minimum Gasteiger partial charge on any atom is -0.479 e. The number of sulfonamides is 1. The van der Waals surface area contributed by atoms with Gasteiger partial charge in [0.1, 0.15) is 10.6 Å². The normalized spacial score (nSPS) is 19.4. The third kappa shape index (κ3) is 4.13. The summed E-state index contributed by atoms with van der Waals surface area (Å²) in [5.74, 6) is -0.192. The highest BCUT2D eigenvalue weighted by atomic mass is 35.5. The molecule has 2 heterocycles. The molecule has 2 aromatic rings. The van der Waals surface area contributed by atoms with Crippen molar-refractivity contribution in [3.63, 3.8) is 0 Å². The van der Waals surface area contributed by atoms with Crippen molar-refractivity contribution in [2.24, 2.45) is 0 Å². The largest absolute Gasteiger partial charge is 0.479 e. The smallest absolute Gasteiger partial charge is 0.265 e. The minimum atomic E-state index is -3.91. The van der Waals surface area contributed by atoms with Gasteiger partial charge in [0.2, 0.25) is 10.0 Å². The van der Waals surface area contributed by atoms with E-state index in [9.17, 15) is 18.0 Å². The summed E-state index contributed by atoms with van der Waals surface area (Å²) in [6.45, 7) is 4.35. The number of ether oxygens (including phenoxy) is 1. The van der Waals surface area contributed by atoms with Crippen LogP contribution in [0.15, 0.2) is 41.3 Å². The predicted molar refractivity (Wildman–Crippen MR) is 116 cm³/mol. The van der Waals surface area contributed by atoms with Gasteiger partial charge in [0, 0.05) is 37.8 Å². The van der Waals surface area contributed by atoms with Crippen molar-refractivity contribution in [2.75, 3.05) is 31.5 Å². The van der Waals surface area contributed by atoms with Gasteiger partial charge in [-0.25, -0.2) is 8.42 Å². The van der Waals surface area contributed by atoms with Gasteiger partial charge >= 0.3 is 0 Å². The molecule has 4 rings (SSSR count). The molecule has 1 fully saturated rings. The van der Waals surface area contributed by atoms with Crippen LogP contribution in [0.1, 0.15) is 22.8 Å². The van der Waals surface area contributed by atoms with E-state index in [0.717, 1.165) is 5.56 Å². The van der Waals surface area contributed by atoms with Crippen LogP contribution in [-0.4, -0.2) is 61.7 Å². The average molecular weight is 464 g/mol. The van der Waals surface area contributed by atoms with Gasteiger partial charge in [-0.2, -0.15) is 4.31 Å². The number of carbonyl (C=O) groups excluding carboxylic acids is 2. The molecule has 0 aliphatic carbocycles. The lowest BCUT2D eigenvalue weighted by Gasteiger charge is -2.34. The highest BCUT2D eigenvalue weighted by Crippen LogP contribution is 2.38. The quantitative estimate of drug-likeness (QED) is 0.754. The molecule has 0 spiro atoms. The van der Waals surface area contributed by atoms with E-state index >= 15 is 0 Å². The van der Waals surface area contributed by atoms with Crippen LogP contribution in [0.25, 0.3) is 0 Å². The molecule has 10 heteroatoms. The highest BCUT2D eigenvalue weighted by molar-refractivity contribution is 7.89. The number of anilines is 1. The zero-order valence-corrected chi connectivity index (χ0v) is 18.7. The Balaban J connectivity index is 1.51. The summed E-state index contributed by atoms with van der Waals surface area (Å²) in [6.07, 6.45) is -0.736. The molecular weight excluding hydrogens is 442 g/mol. The Morgan fingerprint density at radius 1 is 1.16 bits per heavy atom. The lowest BCUT2D eigenvalue weighted by molar-refractivity contribution is -0.122. The third-order valence-corrected chi connectivity index (χ3v) is 7.74. The molecule has 0 bridgehead atoms. The molecule has 1 N–H and O–H groups in total. The first-order valence-corrected chi connectivity index (χ1v) is 11.7. The van der Waals surface area contributed by atoms with E-state index in [4.69, 9.17) is 16.3 Å². The number of nitrogens with one attached hydrogen (secondary N) is 1. The highest BCUT2D eigenvalue weighted by Gasteiger charge is 2.34. The van der Waals surface area contributed by atoms with E-state index in [0.29, 0.717) is 11.3 Å². The molecule has 0 saturated carbocycles. The van der Waals surface area contributed by atoms with Gasteiger partial charge in [0.05, 0.1) is 10.7 Å². The van der Waals surface area contributed by atoms with Crippen LogP contribution < -0.4 is 10.1 Å². The molecule has 0 radical (unpaired) electrons. The molecule has 1 saturated heterocycles. The van der Waals surface area contributed by atoms with Crippen molar-refractivity contribution in [1.82, 2.24) is 9.21 Å². The van der Waals surface area contributed by atoms with E-state index in [1.807, 2.05) is 25.1 Å². The number of hydrogen-bond donors (Lipinski definition) is 1. The fraction of sp³-hybridized carbons (Fsp3) is 0.333. The summed E-state index contributed by atoms with van der Waals surface area (Å²) in [6, 6.07) is 10.0. The maximum Gasteiger partial charge on any atom is 0.265 e. The Labute approximate surface area is 185 Å². The van der Waals surface area contributed by atoms with Crippen LogP contribution in [0.4, 0.5) is 5.69 Å². The minimum absolute atomic E-state index is 0.00419. The van der Waals surface area contributed by atoms with E-state index in [-0.39, 0.29) is 53.7 Å². The number of hydrogen-bond acceptors (Lipinski definition) is 5. The molecule has 31 heavy (non-hydrogen) atoms. The van der Waals surface area contributed by atoms with Crippen molar-refractivity contribution in [2.45, 2.75) is 24.8 Å². The monoisotopic (exact) mass is 463 g/mol. The van der Waals surface area contributed by atoms with E-state index in [1.54, 1.807) is 17.9 Å². The van der Waals surface area contributed by atoms with E-state index < -0.39 is 16.1 Å². The number of benzene rings is 2. The van der Waals surface area contributed by atoms with Gasteiger partial charge in [-0.05, 0) is 32.0 Å². The average Bonchev–Trinajstić information content (AvgIpc) is 2.74. The maximum atomic E-state index is 13.2. The fourth-order valence-electron chi connectivity index (χ4n) is 3.64. The lowest BCUT2D eigenvalue weighted by atomic mass is 10.1. The van der Waals surface area contributed by atoms with Crippen molar-refractivity contribution >= 4 is 39.1 Å². The van der Waals surface area contributed by atoms with Crippen molar-refractivity contribution in [3.05, 3.63) is 52.5 Å². The summed E-state index contributed by atoms with van der Waals surface area (Å²) in [5, 5.41) is 2.64. The van der Waals surface area contributed by atoms with Gasteiger partial charge in [-0.15, -0.1) is 0 Å². The summed E-state index contributed by atoms with van der Waals surface area (Å²) < 4.78 is 33.3. The molecule has 2 aliphatic heterocycles. The van der Waals surface area contributed by atoms with Crippen LogP contribution in [0, 0.1) is 6.92 Å². The number of nitrogens with zero attached hydrogens (tertiary/aromatic N) is 2. The lowest BCUT2D eigenvalue weighted by Crippen LogP contribution is -2.50. The first kappa shape index (κ1) is 21.6. The van der Waals surface area contributed by atoms with Crippen LogP contribution in [0.2, 0.25) is 5.02 Å². The van der Waals surface area contributed by atoms with Crippen molar-refractivity contribution in [3.8, 4) is 5.75 Å². The maximum absolute atomic E-state index is 13.2. The third-order valence-electron chi connectivity index (χ3n) is 5.37. The first-order chi connectivity index (χ1) is 14.7. The zero-order valence-electron chi connectivity index (χ0n) is 17.1. The Bertz CT molecular complexity index is 1160. The fourth-order valence-corrected chi connectivity index (χ4v) is 5.58. The molecule has 0 aromatic heterocycles. The van der Waals surface area contributed by atoms with Crippen LogP contribution in [-0.2, 0) is 14.8 Å². The van der Waals surface area contributed by atoms with Crippen LogP contribution in [0.3, 0.4) is 0 Å². The number of piperazine rings is 1. The Kier molecular flexibility index (Phi) is 5.67. The van der Waals surface area contributed by atoms with Gasteiger partial charge in [-0.3, -0.25) is 9.59 Å². The number of fused-ring (bicyclic) bond motifs is 1. The van der Waals surface area contributed by atoms with E-state index in [2.05, 4.69) is 5.32 Å². The molecule has 2 aromatic carbocycles. The molecule has 0 unspecified atom stereocenters. The second-order valence-electron chi connectivity index (χ2n) is 7.59. The van der Waals surface area contributed by atoms with Crippen molar-refractivity contribution < 1.29 is 22.7 Å². The number of rotatable bonds is 3. The summed E-state index contributed by atoms with van der Waals surface area (Å²) >= 11 is 6.25. The molecule has 1 atom stereocenters. The molecule has 8 nitrogen and oxygen atoms in total. The van der Waals surface area contributed by atoms with E-state index in [1.165, 1.54) is 16.4 Å². The molecule has 164 valence electrons. The van der Waals surface area contributed by atoms with Crippen LogP contribution >= 0.6 is 11.6 Å². The van der Waals surface area contributed by atoms with Gasteiger partial charge < -0.3 is 15.0 Å². The molecular formula is C21H22ClN3O5S. The summed E-state index contributed by atoms with van der Waals surface area (Å²) in [5.41, 5.74) is 1.91. The number of amides is 2. The van der Waals surface area contributed by atoms with Crippen molar-refractivity contribution in [1.29, 1.82) is 0 Å². The number of carbonyl (C=O) groups is 2. The van der Waals surface area contributed by atoms with Gasteiger partial charge in [0.15, 0.2) is 6.10 Å². The SMILES string of the molecule is Cc1cccc(C(=O)N2CCN(S(=O)(=O)c3cc4c(cc3Cl)NC(=O)[C@H](C)O4)CC2)c1. The van der Waals surface area contributed by atoms with Gasteiger partial charge in [0.25, 0.3) is 11.8 Å². The standard InChI is InChI=1S/C21H22ClN3O5S/c1-13-4-3-5-15(10-13)21(27)24-6-8-25(9-7-24)31(28,29)19-12-18-17(11-16(19)22)23-20(26)14(2)30-18/h3-5,10-12,14H,6-9H2,1-2H3,(H,23,26)/t14-/m0/s1. The summed E-state index contributed by atoms with van der Waals surface area (Å²) in [4.78, 5) is 26.1. The topological polar surface area (TPSA) is 96.0 Å². The number of halogens is 1. The second-order valence-corrected chi connectivity index (χ2v) is 9.91. The first-order valence-electron chi connectivity index (χ1n) is 9.84. The number of aryl methyl sites for hydroxylation is 1. The second kappa shape index (κ2) is 8.14. The molecule has 2 aliphatic rings. The molecule has 2 amide bonds.